The number of nitrogens with zero attached hydrogens (tertiary/aromatic N) is 3. The van der Waals surface area contributed by atoms with Crippen LogP contribution in [0.4, 0.5) is 0 Å². The molecule has 2 fully saturated rings. The first-order valence-corrected chi connectivity index (χ1v) is 46.2. The van der Waals surface area contributed by atoms with Crippen LogP contribution in [-0.4, -0.2) is 287 Å². The summed E-state index contributed by atoms with van der Waals surface area (Å²) in [5.41, 5.74) is 18.7. The minimum absolute atomic E-state index is 0.00403. The minimum atomic E-state index is -1.87. The van der Waals surface area contributed by atoms with Crippen LogP contribution in [0.25, 0.3) is 10.9 Å². The first kappa shape index (κ1) is 107. The molecule has 5 rings (SSSR count). The molecule has 4 heterocycles. The second kappa shape index (κ2) is 53.6. The number of hydrogen-bond donors (Lipinski definition) is 22. The van der Waals surface area contributed by atoms with Gasteiger partial charge in [-0.05, 0) is 149 Å². The molecule has 0 aliphatic carbocycles. The summed E-state index contributed by atoms with van der Waals surface area (Å²) >= 11 is 2.74. The number of para-hydroxylation sites is 1. The predicted octanol–water partition coefficient (Wildman–Crippen LogP) is -1.77. The Kier molecular flexibility index (Phi) is 45.0. The zero-order valence-electron chi connectivity index (χ0n) is 75.0. The molecule has 25 N–H and O–H groups in total. The average molecular weight is 1840 g/mol. The van der Waals surface area contributed by atoms with Gasteiger partial charge in [-0.1, -0.05) is 87.4 Å². The molecular formula is C84H134N22O20S2. The quantitative estimate of drug-likeness (QED) is 0.0169. The maximum atomic E-state index is 15.2. The van der Waals surface area contributed by atoms with Crippen molar-refractivity contribution in [2.24, 2.45) is 46.8 Å². The van der Waals surface area contributed by atoms with Crippen molar-refractivity contribution < 1.29 is 96.8 Å². The zero-order chi connectivity index (χ0) is 95.3. The standard InChI is InChI=1S/C84H134N22O20S2/c1-43(2)34-57(97-70(112)53(20-15-29-90-84(87)88)93-69(111)51(85)27-32-127-11)73(115)96-56(24-26-66(109)110)81(123)105-30-16-21-63(105)77(119)95-54(23-25-65(86)108)71(113)102-62(41-107)76(118)94-55(28-33-128-12)72(114)103-67(46(7)8)79(121)99-59(37-48-39-91-52-19-14-13-18-50(48)52)75(117)100-60(36-45(5)6)82(124)106-31-17-22-64(106)78(120)104-68(47(9)10)80(122)98-58(35-44(3)4)74(116)101-61(83(125)126)38-49-40-89-42-92-49/h13-14,18-19,39-40,42-47,51,53-64,67-68,91,107H,15-17,20-38,41,85H2,1-12H3,(H2,86,108)(H,89,92)(H,93,111)(H,94,118)(H,95,119)(H,96,115)(H,97,112)(H,98,122)(H,99,121)(H,100,117)(H,101,116)(H,102,113)(H,103,114)(H,104,120)(H,109,110)(H,125,126)(H4,87,88,90)/t51-,53-,54-,55-,56-,57-,58-,59-,60-,61-,62-,63-,64-,67-,68-/m0/s1. The molecule has 2 aliphatic rings. The number of hydrogen-bond acceptors (Lipinski definition) is 23. The third kappa shape index (κ3) is 34.8. The fourth-order valence-electron chi connectivity index (χ4n) is 14.9. The number of carboxylic acids is 2. The number of guanidine groups is 1. The number of benzene rings is 1. The van der Waals surface area contributed by atoms with Gasteiger partial charge in [0.05, 0.1) is 24.7 Å². The molecule has 712 valence electrons. The van der Waals surface area contributed by atoms with Gasteiger partial charge in [-0.3, -0.25) is 82.1 Å². The van der Waals surface area contributed by atoms with E-state index in [-0.39, 0.29) is 126 Å². The molecule has 0 saturated carbocycles. The molecule has 2 saturated heterocycles. The Morgan fingerprint density at radius 3 is 1.48 bits per heavy atom. The number of likely N-dealkylation sites (tertiary alicyclic amines) is 2. The van der Waals surface area contributed by atoms with E-state index in [4.69, 9.17) is 22.6 Å². The summed E-state index contributed by atoms with van der Waals surface area (Å²) < 4.78 is 0. The average Bonchev–Trinajstić information content (AvgIpc) is 1.60. The van der Waals surface area contributed by atoms with E-state index in [1.807, 2.05) is 34.0 Å². The van der Waals surface area contributed by atoms with Gasteiger partial charge in [0.15, 0.2) is 5.96 Å². The van der Waals surface area contributed by atoms with Gasteiger partial charge in [-0.2, -0.15) is 23.5 Å². The lowest BCUT2D eigenvalue weighted by atomic mass is 9.98. The number of H-pyrrole nitrogens is 2. The number of imidazole rings is 1. The van der Waals surface area contributed by atoms with E-state index in [1.165, 1.54) is 40.9 Å². The fraction of sp³-hybridized carbons (Fsp3) is 0.655. The van der Waals surface area contributed by atoms with Gasteiger partial charge in [0, 0.05) is 68.6 Å². The molecule has 3 aromatic rings. The van der Waals surface area contributed by atoms with Crippen LogP contribution in [0, 0.1) is 35.0 Å². The number of aromatic nitrogens is 3. The summed E-state index contributed by atoms with van der Waals surface area (Å²) in [4.78, 5) is 251. The Morgan fingerprint density at radius 2 is 0.945 bits per heavy atom. The van der Waals surface area contributed by atoms with E-state index in [9.17, 15) is 87.2 Å². The van der Waals surface area contributed by atoms with Gasteiger partial charge in [0.2, 0.25) is 88.6 Å². The lowest BCUT2D eigenvalue weighted by molar-refractivity contribution is -0.144. The molecule has 0 radical (unpaired) electrons. The van der Waals surface area contributed by atoms with Gasteiger partial charge >= 0.3 is 11.9 Å². The summed E-state index contributed by atoms with van der Waals surface area (Å²) in [6.07, 6.45) is 6.72. The van der Waals surface area contributed by atoms with E-state index < -0.39 is 235 Å². The van der Waals surface area contributed by atoms with Crippen molar-refractivity contribution in [1.82, 2.24) is 93.9 Å². The molecule has 128 heavy (non-hydrogen) atoms. The second-order valence-corrected chi connectivity index (χ2v) is 36.3. The Morgan fingerprint density at radius 1 is 0.500 bits per heavy atom. The molecule has 0 spiro atoms. The van der Waals surface area contributed by atoms with E-state index in [1.54, 1.807) is 78.3 Å². The van der Waals surface area contributed by atoms with Gasteiger partial charge in [-0.15, -0.1) is 0 Å². The van der Waals surface area contributed by atoms with Gasteiger partial charge in [0.25, 0.3) is 0 Å². The molecule has 2 aliphatic heterocycles. The van der Waals surface area contributed by atoms with Crippen LogP contribution in [0.15, 0.2) is 43.0 Å². The van der Waals surface area contributed by atoms with Crippen LogP contribution in [0.1, 0.15) is 177 Å². The summed E-state index contributed by atoms with van der Waals surface area (Å²) in [5.74, 6) is -17.2. The number of aromatic amines is 2. The number of aliphatic hydroxyl groups excluding tert-OH is 1. The van der Waals surface area contributed by atoms with Gasteiger partial charge in [0.1, 0.15) is 84.6 Å². The van der Waals surface area contributed by atoms with Crippen molar-refractivity contribution in [2.45, 2.75) is 269 Å². The smallest absolute Gasteiger partial charge is 0.326 e. The number of fused-ring (bicyclic) bond motifs is 1. The van der Waals surface area contributed by atoms with Crippen LogP contribution in [0.2, 0.25) is 0 Å². The number of nitrogens with two attached hydrogens (primary N) is 3. The monoisotopic (exact) mass is 1830 g/mol. The number of carbonyl (C=O) groups excluding carboxylic acids is 15. The fourth-order valence-corrected chi connectivity index (χ4v) is 15.8. The van der Waals surface area contributed by atoms with Gasteiger partial charge < -0.3 is 121 Å². The van der Waals surface area contributed by atoms with E-state index in [0.717, 1.165) is 4.90 Å². The van der Waals surface area contributed by atoms with Crippen molar-refractivity contribution in [3.63, 3.8) is 0 Å². The molecule has 44 heteroatoms. The molecule has 15 atom stereocenters. The Hall–Kier alpha value is -11.1. The summed E-state index contributed by atoms with van der Waals surface area (Å²) in [6, 6.07) is -13.8. The van der Waals surface area contributed by atoms with Crippen LogP contribution in [0.5, 0.6) is 0 Å². The molecule has 1 aromatic carbocycles. The first-order valence-electron chi connectivity index (χ1n) is 43.4. The highest BCUT2D eigenvalue weighted by molar-refractivity contribution is 7.98. The largest absolute Gasteiger partial charge is 0.481 e. The number of amides is 15. The second-order valence-electron chi connectivity index (χ2n) is 34.3. The number of aliphatic carboxylic acids is 2. The van der Waals surface area contributed by atoms with Crippen molar-refractivity contribution in [2.75, 3.05) is 50.3 Å². The number of aliphatic hydroxyl groups is 1. The SMILES string of the molecule is CSCC[C@H](NC(=O)[C@H](CO)NC(=O)[C@H](CCC(N)=O)NC(=O)[C@@H]1CCCN1C(=O)[C@H](CCC(=O)O)NC(=O)[C@H](CC(C)C)NC(=O)[C@H](CCCNC(=N)N)NC(=O)[C@@H](N)CCSC)C(=O)N[C@H](C(=O)N[C@@H](Cc1c[nH]c2ccccc12)C(=O)N[C@@H](CC(C)C)C(=O)N1CCC[C@H]1C(=O)N[C@H](C(=O)N[C@@H](CC(C)C)C(=O)N[C@@H](Cc1c[nH]cn1)C(=O)O)C(C)C)C(C)C. The predicted molar refractivity (Wildman–Crippen MR) is 478 cm³/mol. The molecule has 0 bridgehead atoms. The van der Waals surface area contributed by atoms with E-state index in [0.29, 0.717) is 34.3 Å². The number of nitrogens with one attached hydrogen (secondary N) is 16. The number of carbonyl (C=O) groups is 17. The Bertz CT molecular complexity index is 4280. The maximum Gasteiger partial charge on any atom is 0.326 e. The van der Waals surface area contributed by atoms with Crippen LogP contribution >= 0.6 is 23.5 Å². The first-order chi connectivity index (χ1) is 60.5. The summed E-state index contributed by atoms with van der Waals surface area (Å²) in [6.45, 7) is 16.3. The van der Waals surface area contributed by atoms with Crippen LogP contribution < -0.4 is 86.3 Å². The number of primary amides is 1. The summed E-state index contributed by atoms with van der Waals surface area (Å²) in [5, 5.41) is 73.1. The molecule has 0 unspecified atom stereocenters. The zero-order valence-corrected chi connectivity index (χ0v) is 76.7. The highest BCUT2D eigenvalue weighted by Gasteiger charge is 2.45. The topological polar surface area (TPSA) is 660 Å². The lowest BCUT2D eigenvalue weighted by Crippen LogP contribution is -2.62. The third-order valence-corrected chi connectivity index (χ3v) is 23.0. The van der Waals surface area contributed by atoms with E-state index >= 15 is 9.59 Å². The van der Waals surface area contributed by atoms with Crippen molar-refractivity contribution in [3.8, 4) is 0 Å². The summed E-state index contributed by atoms with van der Waals surface area (Å²) in [7, 11) is 0. The normalized spacial score (nSPS) is 16.9. The number of rotatable bonds is 56. The van der Waals surface area contributed by atoms with Crippen LogP contribution in [-0.2, 0) is 94.3 Å². The maximum absolute atomic E-state index is 15.2. The highest BCUT2D eigenvalue weighted by Crippen LogP contribution is 2.26. The van der Waals surface area contributed by atoms with E-state index in [2.05, 4.69) is 84.1 Å². The highest BCUT2D eigenvalue weighted by atomic mass is 32.2. The van der Waals surface area contributed by atoms with Crippen LogP contribution in [0.3, 0.4) is 0 Å². The Balaban J connectivity index is 1.34. The van der Waals surface area contributed by atoms with Crippen molar-refractivity contribution >= 4 is 141 Å². The lowest BCUT2D eigenvalue weighted by Gasteiger charge is -2.32. The van der Waals surface area contributed by atoms with Crippen molar-refractivity contribution in [1.29, 1.82) is 5.41 Å². The molecule has 2 aromatic heterocycles. The molecule has 42 nitrogen and oxygen atoms in total. The third-order valence-electron chi connectivity index (χ3n) is 21.7. The Labute approximate surface area is 753 Å². The number of thioether (sulfide) groups is 2. The van der Waals surface area contributed by atoms with Crippen molar-refractivity contribution in [3.05, 3.63) is 54.2 Å². The number of carboxylic acid groups (broad SMARTS) is 2. The van der Waals surface area contributed by atoms with Gasteiger partial charge in [-0.25, -0.2) is 9.78 Å². The molecular weight excluding hydrogens is 1700 g/mol. The minimum Gasteiger partial charge on any atom is -0.481 e. The molecule has 15 amide bonds.